The first-order valence-corrected chi connectivity index (χ1v) is 18.1. The maximum Gasteiger partial charge on any atom is 0.200 e. The molecule has 0 spiro atoms. The fourth-order valence-electron chi connectivity index (χ4n) is 7.91. The Hall–Kier alpha value is -6.62. The number of ether oxygens (including phenoxy) is 1. The van der Waals surface area contributed by atoms with E-state index in [2.05, 4.69) is 0 Å². The molecule has 288 valence electrons. The molecular weight excluding hydrogens is 716 g/mol. The molecule has 11 heteroatoms. The summed E-state index contributed by atoms with van der Waals surface area (Å²) in [4.78, 5) is 29.7. The summed E-state index contributed by atoms with van der Waals surface area (Å²) in [7, 11) is 0. The van der Waals surface area contributed by atoms with E-state index in [1.54, 1.807) is 30.4 Å². The zero-order valence-corrected chi connectivity index (χ0v) is 31.4. The van der Waals surface area contributed by atoms with E-state index >= 15 is 4.79 Å². The van der Waals surface area contributed by atoms with Crippen molar-refractivity contribution in [3.63, 3.8) is 0 Å². The molecule has 0 fully saturated rings. The van der Waals surface area contributed by atoms with Gasteiger partial charge in [-0.15, -0.1) is 0 Å². The lowest BCUT2D eigenvalue weighted by atomic mass is 9.65. The summed E-state index contributed by atoms with van der Waals surface area (Å²) >= 11 is 0. The Kier molecular flexibility index (Phi) is 9.36. The highest BCUT2D eigenvalue weighted by atomic mass is 16.5. The second-order valence-corrected chi connectivity index (χ2v) is 15.4. The van der Waals surface area contributed by atoms with Crippen molar-refractivity contribution in [3.8, 4) is 57.3 Å². The molecule has 0 saturated heterocycles. The minimum absolute atomic E-state index is 0.0359. The molecular formula is C45H42O11. The number of benzene rings is 4. The van der Waals surface area contributed by atoms with Crippen LogP contribution in [0.5, 0.6) is 46.0 Å². The lowest BCUT2D eigenvalue weighted by molar-refractivity contribution is 0.0877. The van der Waals surface area contributed by atoms with Crippen molar-refractivity contribution in [1.82, 2.24) is 0 Å². The van der Waals surface area contributed by atoms with Crippen LogP contribution in [0.3, 0.4) is 0 Å². The first kappa shape index (κ1) is 37.7. The molecule has 0 radical (unpaired) electrons. The Balaban J connectivity index is 1.53. The molecule has 7 N–H and O–H groups in total. The van der Waals surface area contributed by atoms with E-state index in [0.717, 1.165) is 29.3 Å². The predicted octanol–water partition coefficient (Wildman–Crippen LogP) is 8.81. The number of allylic oxidation sites excluding steroid dienone is 4. The lowest BCUT2D eigenvalue weighted by Gasteiger charge is -2.37. The van der Waals surface area contributed by atoms with E-state index in [9.17, 15) is 40.5 Å². The van der Waals surface area contributed by atoms with E-state index in [1.165, 1.54) is 30.3 Å². The lowest BCUT2D eigenvalue weighted by Crippen LogP contribution is -2.32. The van der Waals surface area contributed by atoms with Gasteiger partial charge < -0.3 is 44.9 Å². The maximum absolute atomic E-state index is 15.2. The van der Waals surface area contributed by atoms with Gasteiger partial charge in [0, 0.05) is 47.1 Å². The first-order valence-electron chi connectivity index (χ1n) is 18.1. The average molecular weight is 759 g/mol. The standard InChI is InChI=1S/C45H42O11/c1-21(2)6-9-29-42(54)39-35(51)20-34(50)38(44(39)55-43(29)26-11-8-24(47)19-33(26)49)31-17-22(3)16-30(25-10-7-23(46)18-32(25)48)37(31)41(53)28-12-13-36-27(40(28)52)14-15-45(4,5)56-36/h6-8,10-15,17-20,30-31,37,46-52H,9,16H2,1-5H3. The van der Waals surface area contributed by atoms with E-state index in [-0.39, 0.29) is 74.8 Å². The van der Waals surface area contributed by atoms with Crippen LogP contribution in [-0.2, 0) is 6.42 Å². The molecule has 2 aliphatic rings. The normalized spacial score (nSPS) is 18.5. The average Bonchev–Trinajstić information content (AvgIpc) is 3.10. The molecule has 3 atom stereocenters. The quantitative estimate of drug-likeness (QED) is 0.0618. The number of fused-ring (bicyclic) bond motifs is 2. The van der Waals surface area contributed by atoms with Crippen LogP contribution in [0.4, 0.5) is 0 Å². The van der Waals surface area contributed by atoms with Crippen LogP contribution in [0, 0.1) is 5.92 Å². The van der Waals surface area contributed by atoms with Gasteiger partial charge in [-0.1, -0.05) is 29.4 Å². The zero-order valence-electron chi connectivity index (χ0n) is 31.4. The van der Waals surface area contributed by atoms with Gasteiger partial charge >= 0.3 is 0 Å². The van der Waals surface area contributed by atoms with Crippen LogP contribution in [-0.4, -0.2) is 47.1 Å². The van der Waals surface area contributed by atoms with Crippen molar-refractivity contribution in [2.75, 3.05) is 0 Å². The van der Waals surface area contributed by atoms with Crippen LogP contribution in [0.15, 0.2) is 93.2 Å². The molecule has 4 aromatic carbocycles. The van der Waals surface area contributed by atoms with Gasteiger partial charge in [0.2, 0.25) is 5.43 Å². The molecule has 5 aromatic rings. The summed E-state index contributed by atoms with van der Waals surface area (Å²) in [6.07, 6.45) is 7.25. The molecule has 1 aromatic heterocycles. The Bertz CT molecular complexity index is 2600. The molecule has 1 aliphatic carbocycles. The van der Waals surface area contributed by atoms with E-state index in [0.29, 0.717) is 16.9 Å². The second-order valence-electron chi connectivity index (χ2n) is 15.4. The third-order valence-corrected chi connectivity index (χ3v) is 10.5. The minimum atomic E-state index is -1.19. The fraction of sp³-hybridized carbons (Fsp3) is 0.244. The van der Waals surface area contributed by atoms with Crippen LogP contribution in [0.1, 0.15) is 85.5 Å². The molecule has 7 rings (SSSR count). The van der Waals surface area contributed by atoms with Gasteiger partial charge in [-0.05, 0) is 95.5 Å². The summed E-state index contributed by atoms with van der Waals surface area (Å²) in [5.74, 6) is -5.94. The molecule has 56 heavy (non-hydrogen) atoms. The summed E-state index contributed by atoms with van der Waals surface area (Å²) in [5, 5.41) is 76.9. The number of hydrogen-bond acceptors (Lipinski definition) is 11. The van der Waals surface area contributed by atoms with E-state index in [1.807, 2.05) is 34.6 Å². The van der Waals surface area contributed by atoms with Gasteiger partial charge in [-0.3, -0.25) is 9.59 Å². The highest BCUT2D eigenvalue weighted by molar-refractivity contribution is 6.04. The SMILES string of the molecule is CC(C)=CCc1c(-c2ccc(O)cc2O)oc2c(C3C=C(C)CC(c4ccc(O)cc4O)C3C(=O)c3ccc4c(c3O)C=CC(C)(C)O4)c(O)cc(O)c2c1=O. The van der Waals surface area contributed by atoms with Gasteiger partial charge in [-0.25, -0.2) is 0 Å². The van der Waals surface area contributed by atoms with Crippen molar-refractivity contribution in [3.05, 3.63) is 122 Å². The number of carbonyl (C=O) groups is 1. The van der Waals surface area contributed by atoms with Gasteiger partial charge in [0.15, 0.2) is 5.78 Å². The number of ketones is 1. The first-order chi connectivity index (χ1) is 26.5. The van der Waals surface area contributed by atoms with E-state index < -0.39 is 51.8 Å². The predicted molar refractivity (Wildman–Crippen MR) is 211 cm³/mol. The number of hydrogen-bond donors (Lipinski definition) is 7. The molecule has 11 nitrogen and oxygen atoms in total. The minimum Gasteiger partial charge on any atom is -0.508 e. The third kappa shape index (κ3) is 6.59. The number of carbonyl (C=O) groups excluding carboxylic acids is 1. The smallest absolute Gasteiger partial charge is 0.200 e. The van der Waals surface area contributed by atoms with Crippen LogP contribution < -0.4 is 10.2 Å². The fourth-order valence-corrected chi connectivity index (χ4v) is 7.91. The molecule has 0 bridgehead atoms. The molecule has 0 saturated carbocycles. The van der Waals surface area contributed by atoms with Gasteiger partial charge in [-0.2, -0.15) is 0 Å². The number of phenolic OH excluding ortho intramolecular Hbond substituents is 7. The Labute approximate surface area is 322 Å². The number of phenols is 7. The number of Topliss-reactive ketones (excluding diaryl/α,β-unsaturated/α-hetero) is 1. The maximum atomic E-state index is 15.2. The Morgan fingerprint density at radius 1 is 0.875 bits per heavy atom. The zero-order chi connectivity index (χ0) is 40.4. The van der Waals surface area contributed by atoms with Crippen molar-refractivity contribution in [2.45, 2.75) is 64.9 Å². The van der Waals surface area contributed by atoms with Gasteiger partial charge in [0.1, 0.15) is 68.3 Å². The molecule has 2 heterocycles. The van der Waals surface area contributed by atoms with E-state index in [4.69, 9.17) is 9.15 Å². The molecule has 1 aliphatic heterocycles. The van der Waals surface area contributed by atoms with Crippen LogP contribution in [0.25, 0.3) is 28.4 Å². The summed E-state index contributed by atoms with van der Waals surface area (Å²) in [6, 6.07) is 11.9. The molecule has 0 amide bonds. The third-order valence-electron chi connectivity index (χ3n) is 10.5. The highest BCUT2D eigenvalue weighted by Crippen LogP contribution is 2.54. The largest absolute Gasteiger partial charge is 0.508 e. The van der Waals surface area contributed by atoms with Crippen molar-refractivity contribution in [2.24, 2.45) is 5.92 Å². The van der Waals surface area contributed by atoms with Crippen molar-refractivity contribution >= 4 is 22.8 Å². The van der Waals surface area contributed by atoms with Gasteiger partial charge in [0.25, 0.3) is 0 Å². The number of rotatable bonds is 7. The van der Waals surface area contributed by atoms with Crippen molar-refractivity contribution < 1.29 is 49.7 Å². The Morgan fingerprint density at radius 2 is 1.57 bits per heavy atom. The van der Waals surface area contributed by atoms with Gasteiger partial charge in [0.05, 0.1) is 16.7 Å². The van der Waals surface area contributed by atoms with Crippen LogP contribution in [0.2, 0.25) is 0 Å². The summed E-state index contributed by atoms with van der Waals surface area (Å²) < 4.78 is 12.6. The monoisotopic (exact) mass is 758 g/mol. The Morgan fingerprint density at radius 3 is 2.25 bits per heavy atom. The molecule has 3 unspecified atom stereocenters. The summed E-state index contributed by atoms with van der Waals surface area (Å²) in [5.41, 5.74) is 0.690. The summed E-state index contributed by atoms with van der Waals surface area (Å²) in [6.45, 7) is 9.20. The highest BCUT2D eigenvalue weighted by Gasteiger charge is 2.44. The van der Waals surface area contributed by atoms with Crippen molar-refractivity contribution in [1.29, 1.82) is 0 Å². The van der Waals surface area contributed by atoms with Crippen LogP contribution >= 0.6 is 0 Å². The topological polar surface area (TPSA) is 198 Å². The second kappa shape index (κ2) is 13.9. The number of aromatic hydroxyl groups is 7.